The predicted molar refractivity (Wildman–Crippen MR) is 83.4 cm³/mol. The standard InChI is InChI=1S/C17H22FN3O/c1-20-16(7-8-19-20)13-4-3-9-21(11-13)12-14-10-15(18)5-6-17(14)22-2/h5-8,10,13H,3-4,9,11-12H2,1-2H3. The van der Waals surface area contributed by atoms with Gasteiger partial charge in [-0.3, -0.25) is 9.58 Å². The van der Waals surface area contributed by atoms with E-state index in [0.29, 0.717) is 5.92 Å². The zero-order valence-corrected chi connectivity index (χ0v) is 13.1. The number of benzene rings is 1. The third-order valence-electron chi connectivity index (χ3n) is 4.42. The molecule has 3 rings (SSSR count). The van der Waals surface area contributed by atoms with E-state index in [1.807, 2.05) is 17.9 Å². The molecule has 4 nitrogen and oxygen atoms in total. The minimum Gasteiger partial charge on any atom is -0.496 e. The lowest BCUT2D eigenvalue weighted by molar-refractivity contribution is 0.194. The van der Waals surface area contributed by atoms with Crippen molar-refractivity contribution in [3.05, 3.63) is 47.5 Å². The quantitative estimate of drug-likeness (QED) is 0.870. The molecule has 1 aliphatic heterocycles. The van der Waals surface area contributed by atoms with E-state index in [-0.39, 0.29) is 5.82 Å². The van der Waals surface area contributed by atoms with Crippen molar-refractivity contribution in [2.45, 2.75) is 25.3 Å². The average Bonchev–Trinajstić information content (AvgIpc) is 2.94. The Morgan fingerprint density at radius 1 is 1.36 bits per heavy atom. The van der Waals surface area contributed by atoms with Crippen LogP contribution in [-0.4, -0.2) is 34.9 Å². The molecule has 0 amide bonds. The summed E-state index contributed by atoms with van der Waals surface area (Å²) in [6.07, 6.45) is 4.17. The Bertz CT molecular complexity index is 641. The number of methoxy groups -OCH3 is 1. The SMILES string of the molecule is COc1ccc(F)cc1CN1CCCC(c2ccnn2C)C1. The summed E-state index contributed by atoms with van der Waals surface area (Å²) in [6, 6.07) is 6.81. The minimum atomic E-state index is -0.212. The maximum atomic E-state index is 13.5. The zero-order valence-electron chi connectivity index (χ0n) is 13.1. The molecule has 0 aliphatic carbocycles. The Morgan fingerprint density at radius 2 is 2.23 bits per heavy atom. The van der Waals surface area contributed by atoms with Crippen LogP contribution < -0.4 is 4.74 Å². The molecular weight excluding hydrogens is 281 g/mol. The van der Waals surface area contributed by atoms with Gasteiger partial charge in [0.1, 0.15) is 11.6 Å². The summed E-state index contributed by atoms with van der Waals surface area (Å²) in [6.45, 7) is 2.72. The van der Waals surface area contributed by atoms with Crippen LogP contribution in [0.2, 0.25) is 0 Å². The summed E-state index contributed by atoms with van der Waals surface area (Å²) in [5, 5.41) is 4.27. The van der Waals surface area contributed by atoms with Crippen molar-refractivity contribution < 1.29 is 9.13 Å². The number of hydrogen-bond acceptors (Lipinski definition) is 3. The van der Waals surface area contributed by atoms with Crippen LogP contribution in [-0.2, 0) is 13.6 Å². The molecule has 118 valence electrons. The van der Waals surface area contributed by atoms with Crippen molar-refractivity contribution in [2.75, 3.05) is 20.2 Å². The Labute approximate surface area is 130 Å². The maximum Gasteiger partial charge on any atom is 0.123 e. The highest BCUT2D eigenvalue weighted by molar-refractivity contribution is 5.34. The number of aromatic nitrogens is 2. The average molecular weight is 303 g/mol. The number of hydrogen-bond donors (Lipinski definition) is 0. The van der Waals surface area contributed by atoms with Crippen molar-refractivity contribution in [1.82, 2.24) is 14.7 Å². The van der Waals surface area contributed by atoms with Gasteiger partial charge >= 0.3 is 0 Å². The number of likely N-dealkylation sites (tertiary alicyclic amines) is 1. The third kappa shape index (κ3) is 3.14. The molecule has 22 heavy (non-hydrogen) atoms. The largest absolute Gasteiger partial charge is 0.496 e. The fourth-order valence-corrected chi connectivity index (χ4v) is 3.34. The number of rotatable bonds is 4. The highest BCUT2D eigenvalue weighted by Crippen LogP contribution is 2.29. The van der Waals surface area contributed by atoms with Crippen LogP contribution in [0.5, 0.6) is 5.75 Å². The molecule has 0 saturated carbocycles. The molecule has 5 heteroatoms. The molecule has 1 atom stereocenters. The molecule has 1 aromatic heterocycles. The van der Waals surface area contributed by atoms with Gasteiger partial charge in [-0.25, -0.2) is 4.39 Å². The monoisotopic (exact) mass is 303 g/mol. The fraction of sp³-hybridized carbons (Fsp3) is 0.471. The normalized spacial score (nSPS) is 19.3. The second-order valence-corrected chi connectivity index (χ2v) is 5.91. The summed E-state index contributed by atoms with van der Waals surface area (Å²) >= 11 is 0. The van der Waals surface area contributed by atoms with Crippen LogP contribution in [0.25, 0.3) is 0 Å². The van der Waals surface area contributed by atoms with Crippen molar-refractivity contribution in [3.8, 4) is 5.75 Å². The first-order chi connectivity index (χ1) is 10.7. The van der Waals surface area contributed by atoms with Crippen LogP contribution in [0.15, 0.2) is 30.5 Å². The topological polar surface area (TPSA) is 30.3 Å². The van der Waals surface area contributed by atoms with Gasteiger partial charge in [-0.2, -0.15) is 5.10 Å². The molecule has 2 aromatic rings. The van der Waals surface area contributed by atoms with Crippen LogP contribution in [0.1, 0.15) is 30.0 Å². The lowest BCUT2D eigenvalue weighted by atomic mass is 9.94. The Balaban J connectivity index is 1.73. The van der Waals surface area contributed by atoms with Crippen molar-refractivity contribution in [1.29, 1.82) is 0 Å². The van der Waals surface area contributed by atoms with Crippen LogP contribution in [0.4, 0.5) is 4.39 Å². The van der Waals surface area contributed by atoms with Crippen LogP contribution in [0, 0.1) is 5.82 Å². The Kier molecular flexibility index (Phi) is 4.43. The minimum absolute atomic E-state index is 0.212. The van der Waals surface area contributed by atoms with Crippen molar-refractivity contribution in [2.24, 2.45) is 7.05 Å². The summed E-state index contributed by atoms with van der Waals surface area (Å²) in [5.74, 6) is 1.03. The van der Waals surface area contributed by atoms with Crippen molar-refractivity contribution in [3.63, 3.8) is 0 Å². The van der Waals surface area contributed by atoms with Gasteiger partial charge in [0.15, 0.2) is 0 Å². The molecule has 1 unspecified atom stereocenters. The van der Waals surface area contributed by atoms with Gasteiger partial charge in [-0.05, 0) is 43.7 Å². The van der Waals surface area contributed by atoms with Gasteiger partial charge in [0.25, 0.3) is 0 Å². The molecule has 1 saturated heterocycles. The lowest BCUT2D eigenvalue weighted by Gasteiger charge is -2.33. The molecule has 2 heterocycles. The van der Waals surface area contributed by atoms with E-state index in [2.05, 4.69) is 16.1 Å². The van der Waals surface area contributed by atoms with E-state index in [4.69, 9.17) is 4.74 Å². The molecule has 0 bridgehead atoms. The molecular formula is C17H22FN3O. The third-order valence-corrected chi connectivity index (χ3v) is 4.42. The first-order valence-corrected chi connectivity index (χ1v) is 7.70. The summed E-state index contributed by atoms with van der Waals surface area (Å²) < 4.78 is 20.8. The number of halogens is 1. The first-order valence-electron chi connectivity index (χ1n) is 7.70. The summed E-state index contributed by atoms with van der Waals surface area (Å²) in [5.41, 5.74) is 2.18. The van der Waals surface area contributed by atoms with E-state index in [0.717, 1.165) is 37.4 Å². The van der Waals surface area contributed by atoms with Gasteiger partial charge in [-0.1, -0.05) is 0 Å². The Morgan fingerprint density at radius 3 is 2.95 bits per heavy atom. The number of aryl methyl sites for hydroxylation is 1. The van der Waals surface area contributed by atoms with Gasteiger partial charge in [0.2, 0.25) is 0 Å². The predicted octanol–water partition coefficient (Wildman–Crippen LogP) is 2.95. The van der Waals surface area contributed by atoms with E-state index >= 15 is 0 Å². The molecule has 0 radical (unpaired) electrons. The highest BCUT2D eigenvalue weighted by Gasteiger charge is 2.24. The summed E-state index contributed by atoms with van der Waals surface area (Å²) in [7, 11) is 3.62. The van der Waals surface area contributed by atoms with Gasteiger partial charge < -0.3 is 4.74 Å². The molecule has 1 fully saturated rings. The van der Waals surface area contributed by atoms with Gasteiger partial charge in [-0.15, -0.1) is 0 Å². The molecule has 1 aliphatic rings. The van der Waals surface area contributed by atoms with Crippen molar-refractivity contribution >= 4 is 0 Å². The van der Waals surface area contributed by atoms with Gasteiger partial charge in [0, 0.05) is 43.5 Å². The first kappa shape index (κ1) is 15.0. The lowest BCUT2D eigenvalue weighted by Crippen LogP contribution is -2.34. The molecule has 0 N–H and O–H groups in total. The maximum absolute atomic E-state index is 13.5. The number of piperidine rings is 1. The second-order valence-electron chi connectivity index (χ2n) is 5.91. The van der Waals surface area contributed by atoms with E-state index in [9.17, 15) is 4.39 Å². The Hall–Kier alpha value is -1.88. The highest BCUT2D eigenvalue weighted by atomic mass is 19.1. The van der Waals surface area contributed by atoms with E-state index in [1.165, 1.54) is 18.2 Å². The molecule has 1 aromatic carbocycles. The number of nitrogens with zero attached hydrogens (tertiary/aromatic N) is 3. The smallest absolute Gasteiger partial charge is 0.123 e. The number of ether oxygens (including phenoxy) is 1. The van der Waals surface area contributed by atoms with E-state index < -0.39 is 0 Å². The van der Waals surface area contributed by atoms with Crippen LogP contribution in [0.3, 0.4) is 0 Å². The zero-order chi connectivity index (χ0) is 15.5. The van der Waals surface area contributed by atoms with Gasteiger partial charge in [0.05, 0.1) is 7.11 Å². The molecule has 0 spiro atoms. The fourth-order valence-electron chi connectivity index (χ4n) is 3.34. The van der Waals surface area contributed by atoms with E-state index in [1.54, 1.807) is 19.2 Å². The second kappa shape index (κ2) is 6.48. The summed E-state index contributed by atoms with van der Waals surface area (Å²) in [4.78, 5) is 2.37. The van der Waals surface area contributed by atoms with Crippen LogP contribution >= 0.6 is 0 Å².